The number of anilines is 1. The second-order valence-corrected chi connectivity index (χ2v) is 4.15. The van der Waals surface area contributed by atoms with Crippen molar-refractivity contribution in [3.8, 4) is 0 Å². The Kier molecular flexibility index (Phi) is 2.28. The van der Waals surface area contributed by atoms with Crippen LogP contribution in [0.4, 0.5) is 5.13 Å². The van der Waals surface area contributed by atoms with E-state index >= 15 is 0 Å². The molecule has 0 atom stereocenters. The lowest BCUT2D eigenvalue weighted by molar-refractivity contribution is -0.122. The molecule has 1 aliphatic carbocycles. The lowest BCUT2D eigenvalue weighted by atomic mass is 9.80. The van der Waals surface area contributed by atoms with E-state index in [1.54, 1.807) is 6.20 Å². The summed E-state index contributed by atoms with van der Waals surface area (Å²) in [4.78, 5) is 15.4. The Morgan fingerprint density at radius 3 is 3.00 bits per heavy atom. The molecule has 0 saturated heterocycles. The van der Waals surface area contributed by atoms with Gasteiger partial charge in [-0.25, -0.2) is 4.98 Å². The van der Waals surface area contributed by atoms with Crippen molar-refractivity contribution < 1.29 is 4.79 Å². The van der Waals surface area contributed by atoms with E-state index < -0.39 is 0 Å². The molecule has 2 rings (SSSR count). The molecule has 3 N–H and O–H groups in total. The summed E-state index contributed by atoms with van der Waals surface area (Å²) < 4.78 is 0. The van der Waals surface area contributed by atoms with E-state index in [1.165, 1.54) is 11.3 Å². The predicted octanol–water partition coefficient (Wildman–Crippen LogP) is 0.819. The number of carbonyl (C=O) groups excluding carboxylic acids is 1. The highest BCUT2D eigenvalue weighted by Crippen LogP contribution is 2.27. The van der Waals surface area contributed by atoms with Gasteiger partial charge in [0, 0.05) is 23.5 Å². The maximum absolute atomic E-state index is 11.4. The van der Waals surface area contributed by atoms with Gasteiger partial charge in [0.05, 0.1) is 0 Å². The third-order valence-electron chi connectivity index (χ3n) is 2.21. The highest BCUT2D eigenvalue weighted by atomic mass is 32.1. The molecular formula is C8H11N3OS. The van der Waals surface area contributed by atoms with Crippen LogP contribution < -0.4 is 11.1 Å². The standard InChI is InChI=1S/C8H11N3OS/c9-6-3-5(4-6)7(12)11-8-10-1-2-13-8/h1-2,5-6H,3-4,9H2,(H,10,11,12). The maximum atomic E-state index is 11.4. The lowest BCUT2D eigenvalue weighted by Gasteiger charge is -2.30. The van der Waals surface area contributed by atoms with Crippen molar-refractivity contribution in [2.45, 2.75) is 18.9 Å². The third kappa shape index (κ3) is 1.87. The Labute approximate surface area is 80.2 Å². The first-order chi connectivity index (χ1) is 6.25. The second-order valence-electron chi connectivity index (χ2n) is 3.25. The Balaban J connectivity index is 1.86. The molecule has 1 aromatic rings. The van der Waals surface area contributed by atoms with Crippen LogP contribution >= 0.6 is 11.3 Å². The average molecular weight is 197 g/mol. The number of carbonyl (C=O) groups is 1. The zero-order chi connectivity index (χ0) is 9.26. The van der Waals surface area contributed by atoms with Crippen LogP contribution in [-0.4, -0.2) is 16.9 Å². The van der Waals surface area contributed by atoms with Crippen LogP contribution in [-0.2, 0) is 4.79 Å². The van der Waals surface area contributed by atoms with Gasteiger partial charge in [-0.05, 0) is 12.8 Å². The van der Waals surface area contributed by atoms with Crippen molar-refractivity contribution in [3.63, 3.8) is 0 Å². The molecule has 0 aromatic carbocycles. The van der Waals surface area contributed by atoms with E-state index in [0.717, 1.165) is 12.8 Å². The lowest BCUT2D eigenvalue weighted by Crippen LogP contribution is -2.42. The molecule has 0 unspecified atom stereocenters. The summed E-state index contributed by atoms with van der Waals surface area (Å²) in [6.07, 6.45) is 3.28. The van der Waals surface area contributed by atoms with Gasteiger partial charge in [0.15, 0.2) is 5.13 Å². The summed E-state index contributed by atoms with van der Waals surface area (Å²) in [5, 5.41) is 5.26. The van der Waals surface area contributed by atoms with Crippen LogP contribution in [0.3, 0.4) is 0 Å². The van der Waals surface area contributed by atoms with Gasteiger partial charge in [-0.15, -0.1) is 11.3 Å². The predicted molar refractivity (Wildman–Crippen MR) is 51.4 cm³/mol. The Morgan fingerprint density at radius 2 is 2.46 bits per heavy atom. The Hall–Kier alpha value is -0.940. The summed E-state index contributed by atoms with van der Waals surface area (Å²) >= 11 is 1.43. The zero-order valence-corrected chi connectivity index (χ0v) is 7.88. The van der Waals surface area contributed by atoms with Gasteiger partial charge >= 0.3 is 0 Å². The van der Waals surface area contributed by atoms with E-state index in [1.807, 2.05) is 5.38 Å². The summed E-state index contributed by atoms with van der Waals surface area (Å²) in [7, 11) is 0. The Bertz CT molecular complexity index is 292. The number of thiazole rings is 1. The average Bonchev–Trinajstić information content (AvgIpc) is 2.51. The molecule has 1 saturated carbocycles. The number of amides is 1. The molecule has 0 bridgehead atoms. The molecule has 4 nitrogen and oxygen atoms in total. The fraction of sp³-hybridized carbons (Fsp3) is 0.500. The number of hydrogen-bond donors (Lipinski definition) is 2. The molecule has 1 aromatic heterocycles. The van der Waals surface area contributed by atoms with Gasteiger partial charge in [0.2, 0.25) is 5.91 Å². The summed E-state index contributed by atoms with van der Waals surface area (Å²) in [5.41, 5.74) is 5.59. The molecule has 1 fully saturated rings. The SMILES string of the molecule is NC1CC(C(=O)Nc2nccs2)C1. The molecule has 0 aliphatic heterocycles. The largest absolute Gasteiger partial charge is 0.328 e. The highest BCUT2D eigenvalue weighted by molar-refractivity contribution is 7.13. The van der Waals surface area contributed by atoms with Gasteiger partial charge in [0.1, 0.15) is 0 Å². The topological polar surface area (TPSA) is 68.0 Å². The minimum Gasteiger partial charge on any atom is -0.328 e. The summed E-state index contributed by atoms with van der Waals surface area (Å²) in [6.45, 7) is 0. The maximum Gasteiger partial charge on any atom is 0.229 e. The zero-order valence-electron chi connectivity index (χ0n) is 7.06. The van der Waals surface area contributed by atoms with Crippen molar-refractivity contribution in [1.82, 2.24) is 4.98 Å². The summed E-state index contributed by atoms with van der Waals surface area (Å²) in [6, 6.07) is 0.215. The molecule has 5 heteroatoms. The van der Waals surface area contributed by atoms with Crippen molar-refractivity contribution in [3.05, 3.63) is 11.6 Å². The van der Waals surface area contributed by atoms with Crippen molar-refractivity contribution in [2.24, 2.45) is 11.7 Å². The van der Waals surface area contributed by atoms with Crippen LogP contribution in [0.1, 0.15) is 12.8 Å². The van der Waals surface area contributed by atoms with Gasteiger partial charge in [-0.2, -0.15) is 0 Å². The Morgan fingerprint density at radius 1 is 1.69 bits per heavy atom. The van der Waals surface area contributed by atoms with Crippen LogP contribution in [0, 0.1) is 5.92 Å². The fourth-order valence-corrected chi connectivity index (χ4v) is 1.90. The van der Waals surface area contributed by atoms with Crippen molar-refractivity contribution >= 4 is 22.4 Å². The smallest absolute Gasteiger partial charge is 0.229 e. The number of rotatable bonds is 2. The van der Waals surface area contributed by atoms with Crippen LogP contribution in [0.2, 0.25) is 0 Å². The first kappa shape index (κ1) is 8.65. The third-order valence-corrected chi connectivity index (χ3v) is 2.90. The fourth-order valence-electron chi connectivity index (χ4n) is 1.37. The van der Waals surface area contributed by atoms with Crippen molar-refractivity contribution in [1.29, 1.82) is 0 Å². The van der Waals surface area contributed by atoms with Gasteiger partial charge in [-0.3, -0.25) is 4.79 Å². The van der Waals surface area contributed by atoms with Gasteiger partial charge in [0.25, 0.3) is 0 Å². The first-order valence-electron chi connectivity index (χ1n) is 4.21. The number of nitrogens with two attached hydrogens (primary N) is 1. The van der Waals surface area contributed by atoms with Crippen LogP contribution in [0.15, 0.2) is 11.6 Å². The number of nitrogens with one attached hydrogen (secondary N) is 1. The number of nitrogens with zero attached hydrogens (tertiary/aromatic N) is 1. The van der Waals surface area contributed by atoms with E-state index in [2.05, 4.69) is 10.3 Å². The second kappa shape index (κ2) is 3.43. The molecule has 1 aliphatic rings. The molecule has 1 heterocycles. The van der Waals surface area contributed by atoms with Crippen LogP contribution in [0.5, 0.6) is 0 Å². The molecule has 70 valence electrons. The van der Waals surface area contributed by atoms with E-state index in [4.69, 9.17) is 5.73 Å². The minimum atomic E-state index is 0.0525. The molecule has 13 heavy (non-hydrogen) atoms. The monoisotopic (exact) mass is 197 g/mol. The normalized spacial score (nSPS) is 26.5. The van der Waals surface area contributed by atoms with Crippen molar-refractivity contribution in [2.75, 3.05) is 5.32 Å². The van der Waals surface area contributed by atoms with Gasteiger partial charge in [-0.1, -0.05) is 0 Å². The van der Waals surface area contributed by atoms with E-state index in [0.29, 0.717) is 5.13 Å². The minimum absolute atomic E-state index is 0.0525. The van der Waals surface area contributed by atoms with E-state index in [9.17, 15) is 4.79 Å². The van der Waals surface area contributed by atoms with Crippen LogP contribution in [0.25, 0.3) is 0 Å². The molecule has 0 spiro atoms. The first-order valence-corrected chi connectivity index (χ1v) is 5.09. The number of hydrogen-bond acceptors (Lipinski definition) is 4. The summed E-state index contributed by atoms with van der Waals surface area (Å²) in [5.74, 6) is 0.149. The molecular weight excluding hydrogens is 186 g/mol. The quantitative estimate of drug-likeness (QED) is 0.737. The number of aromatic nitrogens is 1. The van der Waals surface area contributed by atoms with E-state index in [-0.39, 0.29) is 17.9 Å². The molecule has 0 radical (unpaired) electrons. The van der Waals surface area contributed by atoms with Gasteiger partial charge < -0.3 is 11.1 Å². The highest BCUT2D eigenvalue weighted by Gasteiger charge is 2.32. The molecule has 1 amide bonds.